The molecule has 1 amide bonds. The lowest BCUT2D eigenvalue weighted by Crippen LogP contribution is -2.22. The molecule has 0 spiro atoms. The summed E-state index contributed by atoms with van der Waals surface area (Å²) in [5.41, 5.74) is 6.14. The Bertz CT molecular complexity index is 444. The molecule has 0 radical (unpaired) electrons. The van der Waals surface area contributed by atoms with Crippen LogP contribution in [0.3, 0.4) is 0 Å². The summed E-state index contributed by atoms with van der Waals surface area (Å²) in [4.78, 5) is 11.5. The Hall–Kier alpha value is -2.01. The fourth-order valence-electron chi connectivity index (χ4n) is 1.51. The van der Waals surface area contributed by atoms with Crippen molar-refractivity contribution in [3.63, 3.8) is 0 Å². The van der Waals surface area contributed by atoms with Gasteiger partial charge in [-0.05, 0) is 43.2 Å². The highest BCUT2D eigenvalue weighted by Crippen LogP contribution is 2.26. The van der Waals surface area contributed by atoms with Gasteiger partial charge in [0.25, 0.3) is 0 Å². The van der Waals surface area contributed by atoms with E-state index >= 15 is 0 Å². The van der Waals surface area contributed by atoms with Crippen molar-refractivity contribution in [2.45, 2.75) is 12.8 Å². The molecule has 104 valence electrons. The van der Waals surface area contributed by atoms with Crippen molar-refractivity contribution in [3.05, 3.63) is 29.8 Å². The molecule has 4 N–H and O–H groups in total. The summed E-state index contributed by atoms with van der Waals surface area (Å²) in [7, 11) is 1.48. The second kappa shape index (κ2) is 8.16. The predicted octanol–water partition coefficient (Wildman–Crippen LogP) is 1.27. The zero-order valence-corrected chi connectivity index (χ0v) is 11.1. The molecule has 0 saturated heterocycles. The average molecular weight is 264 g/mol. The van der Waals surface area contributed by atoms with Crippen LogP contribution in [0.1, 0.15) is 18.4 Å². The van der Waals surface area contributed by atoms with Gasteiger partial charge in [-0.1, -0.05) is 6.07 Å². The molecule has 0 fully saturated rings. The molecule has 1 rings (SSSR count). The molecule has 0 aliphatic heterocycles. The summed E-state index contributed by atoms with van der Waals surface area (Å²) in [5, 5.41) is 12.2. The summed E-state index contributed by atoms with van der Waals surface area (Å²) in [6.07, 6.45) is 4.90. The number of carbonyl (C=O) groups is 1. The zero-order valence-electron chi connectivity index (χ0n) is 11.1. The van der Waals surface area contributed by atoms with Gasteiger partial charge in [0.1, 0.15) is 0 Å². The molecule has 1 aromatic rings. The maximum Gasteiger partial charge on any atom is 0.243 e. The molecule has 0 heterocycles. The number of phenolic OH excluding ortho intramolecular Hbond substituents is 1. The first kappa shape index (κ1) is 15.0. The molecule has 19 heavy (non-hydrogen) atoms. The monoisotopic (exact) mass is 264 g/mol. The molecule has 0 saturated carbocycles. The number of hydrogen-bond donors (Lipinski definition) is 3. The van der Waals surface area contributed by atoms with Gasteiger partial charge in [0.15, 0.2) is 11.5 Å². The van der Waals surface area contributed by atoms with Crippen molar-refractivity contribution in [3.8, 4) is 11.5 Å². The van der Waals surface area contributed by atoms with Gasteiger partial charge in [-0.2, -0.15) is 0 Å². The van der Waals surface area contributed by atoms with Crippen LogP contribution in [0.2, 0.25) is 0 Å². The van der Waals surface area contributed by atoms with E-state index in [-0.39, 0.29) is 11.7 Å². The quantitative estimate of drug-likeness (QED) is 0.511. The Morgan fingerprint density at radius 1 is 1.47 bits per heavy atom. The number of hydrogen-bond acceptors (Lipinski definition) is 4. The highest BCUT2D eigenvalue weighted by atomic mass is 16.5. The molecule has 0 aliphatic rings. The SMILES string of the molecule is COc1cc(C=CC(=O)NCCCCN)ccc1O. The lowest BCUT2D eigenvalue weighted by atomic mass is 10.2. The summed E-state index contributed by atoms with van der Waals surface area (Å²) in [6.45, 7) is 1.26. The fourth-order valence-corrected chi connectivity index (χ4v) is 1.51. The molecule has 1 aromatic carbocycles. The van der Waals surface area contributed by atoms with Crippen LogP contribution in [0.15, 0.2) is 24.3 Å². The number of nitrogens with one attached hydrogen (secondary N) is 1. The van der Waals surface area contributed by atoms with E-state index in [0.29, 0.717) is 18.8 Å². The van der Waals surface area contributed by atoms with Crippen LogP contribution in [0.4, 0.5) is 0 Å². The van der Waals surface area contributed by atoms with E-state index in [4.69, 9.17) is 10.5 Å². The number of methoxy groups -OCH3 is 1. The number of unbranched alkanes of at least 4 members (excludes halogenated alkanes) is 1. The van der Waals surface area contributed by atoms with Gasteiger partial charge in [-0.3, -0.25) is 4.79 Å². The van der Waals surface area contributed by atoms with E-state index in [9.17, 15) is 9.90 Å². The van der Waals surface area contributed by atoms with Crippen LogP contribution in [0.25, 0.3) is 6.08 Å². The van der Waals surface area contributed by atoms with Gasteiger partial charge in [-0.15, -0.1) is 0 Å². The number of ether oxygens (including phenoxy) is 1. The van der Waals surface area contributed by atoms with E-state index < -0.39 is 0 Å². The van der Waals surface area contributed by atoms with Crippen LogP contribution >= 0.6 is 0 Å². The van der Waals surface area contributed by atoms with Crippen molar-refractivity contribution in [2.24, 2.45) is 5.73 Å². The number of benzene rings is 1. The average Bonchev–Trinajstić information content (AvgIpc) is 2.42. The Kier molecular flexibility index (Phi) is 6.46. The highest BCUT2D eigenvalue weighted by molar-refractivity contribution is 5.91. The number of nitrogens with two attached hydrogens (primary N) is 1. The van der Waals surface area contributed by atoms with E-state index in [0.717, 1.165) is 18.4 Å². The lowest BCUT2D eigenvalue weighted by Gasteiger charge is -2.04. The van der Waals surface area contributed by atoms with E-state index in [1.54, 1.807) is 18.2 Å². The van der Waals surface area contributed by atoms with Gasteiger partial charge in [0.2, 0.25) is 5.91 Å². The Balaban J connectivity index is 2.49. The van der Waals surface area contributed by atoms with Crippen LogP contribution < -0.4 is 15.8 Å². The molecule has 0 atom stereocenters. The number of rotatable bonds is 7. The Morgan fingerprint density at radius 2 is 2.26 bits per heavy atom. The number of carbonyl (C=O) groups excluding carboxylic acids is 1. The molecule has 5 heteroatoms. The molecule has 0 bridgehead atoms. The predicted molar refractivity (Wildman–Crippen MR) is 75.0 cm³/mol. The van der Waals surface area contributed by atoms with Crippen molar-refractivity contribution >= 4 is 12.0 Å². The number of amides is 1. The summed E-state index contributed by atoms with van der Waals surface area (Å²) < 4.78 is 4.99. The van der Waals surface area contributed by atoms with Crippen LogP contribution in [0, 0.1) is 0 Å². The van der Waals surface area contributed by atoms with Gasteiger partial charge in [-0.25, -0.2) is 0 Å². The van der Waals surface area contributed by atoms with Gasteiger partial charge >= 0.3 is 0 Å². The second-order valence-corrected chi connectivity index (χ2v) is 4.05. The van der Waals surface area contributed by atoms with Crippen molar-refractivity contribution in [2.75, 3.05) is 20.2 Å². The van der Waals surface area contributed by atoms with Crippen LogP contribution in [0.5, 0.6) is 11.5 Å². The van der Waals surface area contributed by atoms with Crippen molar-refractivity contribution in [1.82, 2.24) is 5.32 Å². The summed E-state index contributed by atoms with van der Waals surface area (Å²) in [5.74, 6) is 0.306. The number of phenols is 1. The van der Waals surface area contributed by atoms with Crippen LogP contribution in [-0.4, -0.2) is 31.2 Å². The Morgan fingerprint density at radius 3 is 2.95 bits per heavy atom. The molecule has 5 nitrogen and oxygen atoms in total. The summed E-state index contributed by atoms with van der Waals surface area (Å²) >= 11 is 0. The lowest BCUT2D eigenvalue weighted by molar-refractivity contribution is -0.116. The first-order valence-corrected chi connectivity index (χ1v) is 6.20. The minimum absolute atomic E-state index is 0.0749. The first-order valence-electron chi connectivity index (χ1n) is 6.20. The van der Waals surface area contributed by atoms with Gasteiger partial charge in [0, 0.05) is 12.6 Å². The van der Waals surface area contributed by atoms with Crippen LogP contribution in [-0.2, 0) is 4.79 Å². The Labute approximate surface area is 113 Å². The second-order valence-electron chi connectivity index (χ2n) is 4.05. The third kappa shape index (κ3) is 5.44. The minimum atomic E-state index is -0.149. The zero-order chi connectivity index (χ0) is 14.1. The van der Waals surface area contributed by atoms with Gasteiger partial charge in [0.05, 0.1) is 7.11 Å². The van der Waals surface area contributed by atoms with E-state index in [1.165, 1.54) is 19.3 Å². The highest BCUT2D eigenvalue weighted by Gasteiger charge is 2.01. The van der Waals surface area contributed by atoms with E-state index in [2.05, 4.69) is 5.32 Å². The fraction of sp³-hybridized carbons (Fsp3) is 0.357. The van der Waals surface area contributed by atoms with Gasteiger partial charge < -0.3 is 20.9 Å². The third-order valence-corrected chi connectivity index (χ3v) is 2.56. The standard InChI is InChI=1S/C14H20N2O3/c1-19-13-10-11(4-6-12(13)17)5-7-14(18)16-9-3-2-8-15/h4-7,10,17H,2-3,8-9,15H2,1H3,(H,16,18). The maximum atomic E-state index is 11.5. The largest absolute Gasteiger partial charge is 0.504 e. The van der Waals surface area contributed by atoms with Crippen molar-refractivity contribution < 1.29 is 14.6 Å². The van der Waals surface area contributed by atoms with Crippen molar-refractivity contribution in [1.29, 1.82) is 0 Å². The maximum absolute atomic E-state index is 11.5. The molecule has 0 unspecified atom stereocenters. The smallest absolute Gasteiger partial charge is 0.243 e. The first-order chi connectivity index (χ1) is 9.17. The molecular weight excluding hydrogens is 244 g/mol. The minimum Gasteiger partial charge on any atom is -0.504 e. The normalized spacial score (nSPS) is 10.6. The topological polar surface area (TPSA) is 84.6 Å². The van der Waals surface area contributed by atoms with E-state index in [1.807, 2.05) is 0 Å². The third-order valence-electron chi connectivity index (χ3n) is 2.56. The number of aromatic hydroxyl groups is 1. The molecule has 0 aliphatic carbocycles. The molecular formula is C14H20N2O3. The molecule has 0 aromatic heterocycles. The summed E-state index contributed by atoms with van der Waals surface area (Å²) in [6, 6.07) is 4.89.